The fraction of sp³-hybridized carbons (Fsp3) is 0.0909. The molecule has 0 saturated heterocycles. The summed E-state index contributed by atoms with van der Waals surface area (Å²) in [6, 6.07) is 19.8. The highest BCUT2D eigenvalue weighted by Gasteiger charge is 2.21. The van der Waals surface area contributed by atoms with Gasteiger partial charge in [0.2, 0.25) is 0 Å². The van der Waals surface area contributed by atoms with E-state index in [0.29, 0.717) is 17.1 Å². The number of carbonyl (C=O) groups is 2. The van der Waals surface area contributed by atoms with E-state index >= 15 is 0 Å². The Morgan fingerprint density at radius 2 is 1.87 bits per heavy atom. The minimum absolute atomic E-state index is 0.110. The Labute approximate surface area is 176 Å². The quantitative estimate of drug-likeness (QED) is 0.332. The Bertz CT molecular complexity index is 1170. The van der Waals surface area contributed by atoms with E-state index in [1.165, 1.54) is 18.4 Å². The molecule has 2 heterocycles. The lowest BCUT2D eigenvalue weighted by atomic mass is 10.1. The summed E-state index contributed by atoms with van der Waals surface area (Å²) in [7, 11) is 1.52. The number of aromatic nitrogens is 3. The van der Waals surface area contributed by atoms with Crippen LogP contribution in [-0.4, -0.2) is 40.2 Å². The van der Waals surface area contributed by atoms with Crippen LogP contribution in [0.4, 0.5) is 0 Å². The summed E-state index contributed by atoms with van der Waals surface area (Å²) >= 11 is 1.49. The SMILES string of the molecule is COc1cccc(C(=O)COC(=O)c2nc(-c3cccs3)n(-c3ccccc3)n2)c1. The maximum absolute atomic E-state index is 12.5. The van der Waals surface area contributed by atoms with Crippen LogP contribution in [0.25, 0.3) is 16.4 Å². The molecule has 0 aliphatic rings. The Morgan fingerprint density at radius 1 is 1.03 bits per heavy atom. The van der Waals surface area contributed by atoms with Gasteiger partial charge in [0.05, 0.1) is 17.7 Å². The first-order valence-electron chi connectivity index (χ1n) is 9.06. The Balaban J connectivity index is 1.55. The summed E-state index contributed by atoms with van der Waals surface area (Å²) in [5.74, 6) is -0.138. The molecule has 4 rings (SSSR count). The van der Waals surface area contributed by atoms with Crippen molar-refractivity contribution in [1.82, 2.24) is 14.8 Å². The van der Waals surface area contributed by atoms with E-state index in [2.05, 4.69) is 10.1 Å². The van der Waals surface area contributed by atoms with Crippen LogP contribution in [0.15, 0.2) is 72.1 Å². The van der Waals surface area contributed by atoms with Gasteiger partial charge in [0.25, 0.3) is 5.82 Å². The van der Waals surface area contributed by atoms with Gasteiger partial charge in [0, 0.05) is 5.56 Å². The number of methoxy groups -OCH3 is 1. The van der Waals surface area contributed by atoms with Crippen molar-refractivity contribution >= 4 is 23.1 Å². The average Bonchev–Trinajstić information content (AvgIpc) is 3.48. The molecule has 0 radical (unpaired) electrons. The third-order valence-electron chi connectivity index (χ3n) is 4.26. The second-order valence-corrected chi connectivity index (χ2v) is 7.16. The zero-order valence-electron chi connectivity index (χ0n) is 16.0. The molecular weight excluding hydrogens is 402 g/mol. The molecule has 0 fully saturated rings. The number of rotatable bonds is 7. The van der Waals surface area contributed by atoms with E-state index in [1.807, 2.05) is 47.8 Å². The minimum atomic E-state index is -0.765. The standard InChI is InChI=1S/C22H17N3O4S/c1-28-17-10-5-7-15(13-17)18(26)14-29-22(27)20-23-21(19-11-6-12-30-19)25(24-20)16-8-3-2-4-9-16/h2-13H,14H2,1H3. The van der Waals surface area contributed by atoms with E-state index < -0.39 is 12.6 Å². The largest absolute Gasteiger partial charge is 0.497 e. The summed E-state index contributed by atoms with van der Waals surface area (Å²) in [4.78, 5) is 30.1. The van der Waals surface area contributed by atoms with Crippen LogP contribution in [0.2, 0.25) is 0 Å². The molecule has 0 atom stereocenters. The van der Waals surface area contributed by atoms with Gasteiger partial charge < -0.3 is 9.47 Å². The second kappa shape index (κ2) is 8.71. The molecule has 0 N–H and O–H groups in total. The van der Waals surface area contributed by atoms with Crippen LogP contribution < -0.4 is 4.74 Å². The third-order valence-corrected chi connectivity index (χ3v) is 5.12. The smallest absolute Gasteiger partial charge is 0.378 e. The third kappa shape index (κ3) is 4.13. The van der Waals surface area contributed by atoms with Gasteiger partial charge in [0.15, 0.2) is 18.2 Å². The Hall–Kier alpha value is -3.78. The Kier molecular flexibility index (Phi) is 5.67. The molecule has 30 heavy (non-hydrogen) atoms. The molecule has 0 unspecified atom stereocenters. The molecule has 150 valence electrons. The van der Waals surface area contributed by atoms with Gasteiger partial charge in [-0.15, -0.1) is 16.4 Å². The van der Waals surface area contributed by atoms with Gasteiger partial charge in [-0.3, -0.25) is 4.79 Å². The van der Waals surface area contributed by atoms with E-state index in [1.54, 1.807) is 28.9 Å². The molecule has 0 saturated carbocycles. The molecule has 7 nitrogen and oxygen atoms in total. The van der Waals surface area contributed by atoms with E-state index in [4.69, 9.17) is 9.47 Å². The van der Waals surface area contributed by atoms with E-state index in [9.17, 15) is 9.59 Å². The summed E-state index contributed by atoms with van der Waals surface area (Å²) < 4.78 is 11.9. The predicted molar refractivity (Wildman–Crippen MR) is 112 cm³/mol. The van der Waals surface area contributed by atoms with Crippen LogP contribution in [0.3, 0.4) is 0 Å². The first-order chi connectivity index (χ1) is 14.7. The number of carbonyl (C=O) groups excluding carboxylic acids is 2. The lowest BCUT2D eigenvalue weighted by Gasteiger charge is -2.04. The van der Waals surface area contributed by atoms with E-state index in [0.717, 1.165) is 10.6 Å². The highest BCUT2D eigenvalue weighted by atomic mass is 32.1. The number of ketones is 1. The van der Waals surface area contributed by atoms with Crippen molar-refractivity contribution in [3.63, 3.8) is 0 Å². The van der Waals surface area contributed by atoms with Crippen molar-refractivity contribution in [2.24, 2.45) is 0 Å². The van der Waals surface area contributed by atoms with Crippen molar-refractivity contribution in [1.29, 1.82) is 0 Å². The van der Waals surface area contributed by atoms with Gasteiger partial charge in [-0.05, 0) is 35.7 Å². The maximum Gasteiger partial charge on any atom is 0.378 e. The lowest BCUT2D eigenvalue weighted by molar-refractivity contribution is 0.0462. The monoisotopic (exact) mass is 419 g/mol. The molecule has 0 amide bonds. The topological polar surface area (TPSA) is 83.3 Å². The second-order valence-electron chi connectivity index (χ2n) is 6.21. The van der Waals surface area contributed by atoms with Crippen molar-refractivity contribution < 1.29 is 19.1 Å². The number of para-hydroxylation sites is 1. The van der Waals surface area contributed by atoms with Gasteiger partial charge >= 0.3 is 5.97 Å². The number of nitrogens with zero attached hydrogens (tertiary/aromatic N) is 3. The lowest BCUT2D eigenvalue weighted by Crippen LogP contribution is -2.15. The first-order valence-corrected chi connectivity index (χ1v) is 9.94. The fourth-order valence-electron chi connectivity index (χ4n) is 2.79. The number of ether oxygens (including phenoxy) is 2. The first kappa shape index (κ1) is 19.5. The molecule has 0 aliphatic carbocycles. The summed E-state index contributed by atoms with van der Waals surface area (Å²) in [5, 5.41) is 6.24. The highest BCUT2D eigenvalue weighted by Crippen LogP contribution is 2.25. The van der Waals surface area contributed by atoms with Gasteiger partial charge in [0.1, 0.15) is 5.75 Å². The average molecular weight is 419 g/mol. The zero-order valence-corrected chi connectivity index (χ0v) is 16.8. The number of Topliss-reactive ketones (excluding diaryl/α,β-unsaturated/α-hetero) is 1. The van der Waals surface area contributed by atoms with Crippen molar-refractivity contribution in [2.45, 2.75) is 0 Å². The number of thiophene rings is 1. The molecule has 2 aromatic carbocycles. The molecule has 2 aromatic heterocycles. The molecular formula is C22H17N3O4S. The van der Waals surface area contributed by atoms with Crippen LogP contribution >= 0.6 is 11.3 Å². The summed E-state index contributed by atoms with van der Waals surface area (Å²) in [6.07, 6.45) is 0. The maximum atomic E-state index is 12.5. The van der Waals surface area contributed by atoms with Crippen LogP contribution in [0.5, 0.6) is 5.75 Å². The number of esters is 1. The molecule has 8 heteroatoms. The number of hydrogen-bond acceptors (Lipinski definition) is 7. The molecule has 0 bridgehead atoms. The van der Waals surface area contributed by atoms with Gasteiger partial charge in [-0.25, -0.2) is 9.48 Å². The van der Waals surface area contributed by atoms with Crippen molar-refractivity contribution in [2.75, 3.05) is 13.7 Å². The van der Waals surface area contributed by atoms with Crippen LogP contribution in [0.1, 0.15) is 21.0 Å². The van der Waals surface area contributed by atoms with Crippen LogP contribution in [0, 0.1) is 0 Å². The minimum Gasteiger partial charge on any atom is -0.497 e. The van der Waals surface area contributed by atoms with Crippen LogP contribution in [-0.2, 0) is 4.74 Å². The van der Waals surface area contributed by atoms with Gasteiger partial charge in [-0.1, -0.05) is 36.4 Å². The van der Waals surface area contributed by atoms with Crippen molar-refractivity contribution in [3.05, 3.63) is 83.5 Å². The molecule has 4 aromatic rings. The molecule has 0 spiro atoms. The fourth-order valence-corrected chi connectivity index (χ4v) is 3.49. The predicted octanol–water partition coefficient (Wildman–Crippen LogP) is 4.04. The molecule has 0 aliphatic heterocycles. The normalized spacial score (nSPS) is 10.6. The Morgan fingerprint density at radius 3 is 2.60 bits per heavy atom. The van der Waals surface area contributed by atoms with E-state index in [-0.39, 0.29) is 11.6 Å². The number of benzene rings is 2. The summed E-state index contributed by atoms with van der Waals surface area (Å²) in [6.45, 7) is -0.416. The summed E-state index contributed by atoms with van der Waals surface area (Å²) in [5.41, 5.74) is 1.16. The zero-order chi connectivity index (χ0) is 20.9. The van der Waals surface area contributed by atoms with Crippen molar-refractivity contribution in [3.8, 4) is 22.1 Å². The number of hydrogen-bond donors (Lipinski definition) is 0. The highest BCUT2D eigenvalue weighted by molar-refractivity contribution is 7.13. The van der Waals surface area contributed by atoms with Gasteiger partial charge in [-0.2, -0.15) is 4.98 Å².